The van der Waals surface area contributed by atoms with Crippen LogP contribution in [0.1, 0.15) is 16.7 Å². The lowest BCUT2D eigenvalue weighted by Crippen LogP contribution is -2.45. The van der Waals surface area contributed by atoms with Crippen LogP contribution in [0.4, 0.5) is 4.79 Å². The molecular formula is C24H23N2O2. The molecule has 3 rings (SSSR count). The summed E-state index contributed by atoms with van der Waals surface area (Å²) in [4.78, 5) is 26.1. The summed E-state index contributed by atoms with van der Waals surface area (Å²) < 4.78 is 0. The number of carbonyl (C=O) groups is 1. The smallest absolute Gasteiger partial charge is 0.318 e. The zero-order chi connectivity index (χ0) is 19.6. The Balaban J connectivity index is 1.71. The Bertz CT molecular complexity index is 825. The predicted molar refractivity (Wildman–Crippen MR) is 110 cm³/mol. The van der Waals surface area contributed by atoms with Crippen molar-refractivity contribution in [3.05, 3.63) is 108 Å². The van der Waals surface area contributed by atoms with Crippen LogP contribution in [-0.4, -0.2) is 23.3 Å². The van der Waals surface area contributed by atoms with Gasteiger partial charge in [-0.15, -0.1) is 0 Å². The van der Waals surface area contributed by atoms with E-state index in [9.17, 15) is 9.59 Å². The summed E-state index contributed by atoms with van der Waals surface area (Å²) in [5.74, 6) is 0. The molecule has 0 fully saturated rings. The van der Waals surface area contributed by atoms with Crippen molar-refractivity contribution in [2.45, 2.75) is 25.6 Å². The van der Waals surface area contributed by atoms with Gasteiger partial charge in [0.25, 0.3) is 0 Å². The summed E-state index contributed by atoms with van der Waals surface area (Å²) in [6.45, 7) is 0.914. The van der Waals surface area contributed by atoms with Crippen molar-refractivity contribution >= 4 is 12.3 Å². The first-order valence-electron chi connectivity index (χ1n) is 9.29. The van der Waals surface area contributed by atoms with E-state index in [0.717, 1.165) is 16.7 Å². The van der Waals surface area contributed by atoms with Crippen LogP contribution in [0.3, 0.4) is 0 Å². The lowest BCUT2D eigenvalue weighted by molar-refractivity contribution is 0.190. The monoisotopic (exact) mass is 371 g/mol. The van der Waals surface area contributed by atoms with Crippen LogP contribution in [0.2, 0.25) is 0 Å². The van der Waals surface area contributed by atoms with E-state index < -0.39 is 6.04 Å². The van der Waals surface area contributed by atoms with Gasteiger partial charge in [0.1, 0.15) is 6.04 Å². The van der Waals surface area contributed by atoms with E-state index in [-0.39, 0.29) is 6.03 Å². The van der Waals surface area contributed by atoms with E-state index >= 15 is 0 Å². The molecule has 1 atom stereocenters. The number of amides is 2. The third kappa shape index (κ3) is 5.81. The summed E-state index contributed by atoms with van der Waals surface area (Å²) in [7, 11) is 0. The molecule has 4 heteroatoms. The van der Waals surface area contributed by atoms with Gasteiger partial charge in [-0.1, -0.05) is 91.0 Å². The van der Waals surface area contributed by atoms with Gasteiger partial charge in [0.2, 0.25) is 6.29 Å². The Morgan fingerprint density at radius 1 is 0.750 bits per heavy atom. The fourth-order valence-electron chi connectivity index (χ4n) is 3.02. The van der Waals surface area contributed by atoms with Crippen molar-refractivity contribution < 1.29 is 9.59 Å². The van der Waals surface area contributed by atoms with E-state index in [4.69, 9.17) is 0 Å². The molecule has 0 aromatic heterocycles. The Hall–Kier alpha value is -3.40. The maximum Gasteiger partial charge on any atom is 0.318 e. The van der Waals surface area contributed by atoms with Gasteiger partial charge in [0.15, 0.2) is 0 Å². The van der Waals surface area contributed by atoms with Crippen molar-refractivity contribution in [1.29, 1.82) is 0 Å². The zero-order valence-corrected chi connectivity index (χ0v) is 15.6. The highest BCUT2D eigenvalue weighted by molar-refractivity contribution is 5.78. The van der Waals surface area contributed by atoms with Gasteiger partial charge in [0, 0.05) is 19.5 Å². The van der Waals surface area contributed by atoms with Gasteiger partial charge in [0.05, 0.1) is 0 Å². The molecular weight excluding hydrogens is 348 g/mol. The van der Waals surface area contributed by atoms with Crippen LogP contribution in [0, 0.1) is 0 Å². The minimum absolute atomic E-state index is 0.281. The molecule has 0 aliphatic rings. The van der Waals surface area contributed by atoms with Crippen LogP contribution in [0.25, 0.3) is 0 Å². The normalized spacial score (nSPS) is 11.4. The maximum atomic E-state index is 12.9. The first-order valence-corrected chi connectivity index (χ1v) is 9.29. The third-order valence-corrected chi connectivity index (χ3v) is 4.44. The summed E-state index contributed by atoms with van der Waals surface area (Å²) in [5, 5.41) is 2.82. The van der Waals surface area contributed by atoms with Crippen LogP contribution < -0.4 is 5.32 Å². The lowest BCUT2D eigenvalue weighted by atomic mass is 10.1. The molecule has 141 valence electrons. The number of carbonyl (C=O) groups excluding carboxylic acids is 2. The van der Waals surface area contributed by atoms with Crippen LogP contribution in [-0.2, 0) is 24.3 Å². The van der Waals surface area contributed by atoms with Crippen molar-refractivity contribution in [1.82, 2.24) is 10.2 Å². The second kappa shape index (κ2) is 10.1. The van der Waals surface area contributed by atoms with Crippen molar-refractivity contribution in [3.8, 4) is 0 Å². The third-order valence-electron chi connectivity index (χ3n) is 4.44. The molecule has 0 saturated carbocycles. The second-order valence-corrected chi connectivity index (χ2v) is 6.64. The molecule has 2 amide bonds. The molecule has 3 aromatic carbocycles. The number of nitrogens with zero attached hydrogens (tertiary/aromatic N) is 1. The number of hydrogen-bond acceptors (Lipinski definition) is 2. The van der Waals surface area contributed by atoms with Crippen LogP contribution >= 0.6 is 0 Å². The maximum absolute atomic E-state index is 12.9. The molecule has 3 aromatic rings. The quantitative estimate of drug-likeness (QED) is 0.648. The molecule has 28 heavy (non-hydrogen) atoms. The molecule has 0 aliphatic carbocycles. The van der Waals surface area contributed by atoms with E-state index in [1.54, 1.807) is 4.90 Å². The van der Waals surface area contributed by atoms with Crippen LogP contribution in [0.15, 0.2) is 91.0 Å². The molecule has 1 radical (unpaired) electrons. The summed E-state index contributed by atoms with van der Waals surface area (Å²) in [5.41, 5.74) is 3.04. The minimum Gasteiger partial charge on any atom is -0.327 e. The molecule has 0 heterocycles. The van der Waals surface area contributed by atoms with E-state index in [1.807, 2.05) is 97.3 Å². The highest BCUT2D eigenvalue weighted by atomic mass is 16.2. The Labute approximate surface area is 165 Å². The number of nitrogens with one attached hydrogen (secondary N) is 1. The van der Waals surface area contributed by atoms with E-state index in [2.05, 4.69) is 5.32 Å². The Morgan fingerprint density at radius 2 is 1.18 bits per heavy atom. The zero-order valence-electron chi connectivity index (χ0n) is 15.6. The van der Waals surface area contributed by atoms with Crippen LogP contribution in [0.5, 0.6) is 0 Å². The highest BCUT2D eigenvalue weighted by Gasteiger charge is 2.19. The van der Waals surface area contributed by atoms with Gasteiger partial charge in [-0.2, -0.15) is 0 Å². The van der Waals surface area contributed by atoms with Gasteiger partial charge < -0.3 is 10.2 Å². The number of urea groups is 1. The van der Waals surface area contributed by atoms with Crippen molar-refractivity contribution in [2.24, 2.45) is 0 Å². The summed E-state index contributed by atoms with van der Waals surface area (Å²) in [6, 6.07) is 28.3. The molecule has 1 unspecified atom stereocenters. The predicted octanol–water partition coefficient (Wildman–Crippen LogP) is 4.12. The number of rotatable bonds is 8. The topological polar surface area (TPSA) is 49.4 Å². The van der Waals surface area contributed by atoms with Crippen molar-refractivity contribution in [3.63, 3.8) is 0 Å². The minimum atomic E-state index is -0.691. The fraction of sp³-hybridized carbons (Fsp3) is 0.167. The lowest BCUT2D eigenvalue weighted by Gasteiger charge is -2.25. The van der Waals surface area contributed by atoms with E-state index in [1.165, 1.54) is 0 Å². The van der Waals surface area contributed by atoms with Gasteiger partial charge in [-0.05, 0) is 16.7 Å². The average Bonchev–Trinajstić information content (AvgIpc) is 2.75. The van der Waals surface area contributed by atoms with Gasteiger partial charge in [-0.25, -0.2) is 4.79 Å². The number of benzene rings is 3. The molecule has 0 bridgehead atoms. The SMILES string of the molecule is O=[C]C(Cc1ccccc1)NC(=O)N(Cc1ccccc1)Cc1ccccc1. The number of hydrogen-bond donors (Lipinski definition) is 1. The largest absolute Gasteiger partial charge is 0.327 e. The first-order chi connectivity index (χ1) is 13.7. The van der Waals surface area contributed by atoms with Gasteiger partial charge in [-0.3, -0.25) is 4.79 Å². The average molecular weight is 371 g/mol. The second-order valence-electron chi connectivity index (χ2n) is 6.64. The fourth-order valence-corrected chi connectivity index (χ4v) is 3.02. The Kier molecular flexibility index (Phi) is 6.96. The molecule has 4 nitrogen and oxygen atoms in total. The van der Waals surface area contributed by atoms with Crippen molar-refractivity contribution in [2.75, 3.05) is 0 Å². The summed E-state index contributed by atoms with van der Waals surface area (Å²) >= 11 is 0. The van der Waals surface area contributed by atoms with E-state index in [0.29, 0.717) is 19.5 Å². The Morgan fingerprint density at radius 3 is 1.61 bits per heavy atom. The molecule has 0 aliphatic heterocycles. The van der Waals surface area contributed by atoms with Gasteiger partial charge >= 0.3 is 6.03 Å². The molecule has 0 spiro atoms. The standard InChI is InChI=1S/C24H23N2O2/c27-19-23(16-20-10-4-1-5-11-20)25-24(28)26(17-21-12-6-2-7-13-21)18-22-14-8-3-9-15-22/h1-15,23H,16-18H2,(H,25,28). The molecule has 1 N–H and O–H groups in total. The first kappa shape index (κ1) is 19.4. The summed E-state index contributed by atoms with van der Waals surface area (Å²) in [6.07, 6.45) is 2.37. The highest BCUT2D eigenvalue weighted by Crippen LogP contribution is 2.11. The molecule has 0 saturated heterocycles.